The number of hydrogen-bond donors (Lipinski definition) is 0. The van der Waals surface area contributed by atoms with E-state index in [0.29, 0.717) is 0 Å². The summed E-state index contributed by atoms with van der Waals surface area (Å²) >= 11 is 0. The van der Waals surface area contributed by atoms with Crippen molar-refractivity contribution in [3.8, 4) is 0 Å². The van der Waals surface area contributed by atoms with E-state index in [0.717, 1.165) is 24.0 Å². The molecule has 0 saturated heterocycles. The summed E-state index contributed by atoms with van der Waals surface area (Å²) in [5, 5.41) is 0. The van der Waals surface area contributed by atoms with E-state index in [1.807, 2.05) is 31.3 Å². The molecule has 1 aromatic carbocycles. The third-order valence-corrected chi connectivity index (χ3v) is 3.32. The van der Waals surface area contributed by atoms with Gasteiger partial charge in [0.1, 0.15) is 6.29 Å². The van der Waals surface area contributed by atoms with Gasteiger partial charge < -0.3 is 4.90 Å². The van der Waals surface area contributed by atoms with Gasteiger partial charge in [-0.25, -0.2) is 0 Å². The van der Waals surface area contributed by atoms with Crippen molar-refractivity contribution in [2.45, 2.75) is 6.42 Å². The summed E-state index contributed by atoms with van der Waals surface area (Å²) in [4.78, 5) is 13.0. The molecule has 2 heteroatoms. The Morgan fingerprint density at radius 3 is 2.88 bits per heavy atom. The monoisotopic (exact) mass is 223 g/mol. The Labute approximate surface area is 101 Å². The average Bonchev–Trinajstić information content (AvgIpc) is 2.39. The third-order valence-electron chi connectivity index (χ3n) is 3.32. The normalized spacial score (nSPS) is 17.5. The van der Waals surface area contributed by atoms with Crippen LogP contribution in [0.3, 0.4) is 0 Å². The highest BCUT2D eigenvalue weighted by atomic mass is 16.1. The number of fused-ring (bicyclic) bond motifs is 2. The fourth-order valence-corrected chi connectivity index (χ4v) is 2.40. The number of aldehydes is 1. The van der Waals surface area contributed by atoms with Crippen molar-refractivity contribution in [2.75, 3.05) is 11.9 Å². The molecule has 1 heterocycles. The summed E-state index contributed by atoms with van der Waals surface area (Å²) in [6, 6.07) is 8.30. The Balaban J connectivity index is 2.15. The molecule has 1 aromatic rings. The van der Waals surface area contributed by atoms with Crippen LogP contribution >= 0.6 is 0 Å². The Morgan fingerprint density at radius 1 is 1.24 bits per heavy atom. The van der Waals surface area contributed by atoms with E-state index in [9.17, 15) is 4.79 Å². The van der Waals surface area contributed by atoms with Crippen molar-refractivity contribution in [1.29, 1.82) is 0 Å². The van der Waals surface area contributed by atoms with Crippen molar-refractivity contribution >= 4 is 18.0 Å². The van der Waals surface area contributed by atoms with E-state index in [2.05, 4.69) is 23.1 Å². The standard InChI is InChI=1S/C15H13NO/c1-16-14-5-3-2-4-12(14)9-13-7-6-11(10-17)8-15(13)16/h2-6,8-10H,7H2,1H3. The maximum absolute atomic E-state index is 10.8. The summed E-state index contributed by atoms with van der Waals surface area (Å²) in [5.74, 6) is 0. The molecule has 0 bridgehead atoms. The van der Waals surface area contributed by atoms with Crippen LogP contribution in [0, 0.1) is 0 Å². The van der Waals surface area contributed by atoms with Crippen LogP contribution in [0.1, 0.15) is 12.0 Å². The van der Waals surface area contributed by atoms with Crippen LogP contribution < -0.4 is 4.90 Å². The summed E-state index contributed by atoms with van der Waals surface area (Å²) in [7, 11) is 2.05. The van der Waals surface area contributed by atoms with Crippen LogP contribution in [0.5, 0.6) is 0 Å². The highest BCUT2D eigenvalue weighted by molar-refractivity contribution is 5.85. The van der Waals surface area contributed by atoms with E-state index >= 15 is 0 Å². The van der Waals surface area contributed by atoms with Crippen molar-refractivity contribution in [2.24, 2.45) is 0 Å². The predicted molar refractivity (Wildman–Crippen MR) is 69.7 cm³/mol. The van der Waals surface area contributed by atoms with Crippen LogP contribution in [0.2, 0.25) is 0 Å². The van der Waals surface area contributed by atoms with Gasteiger partial charge in [0.2, 0.25) is 0 Å². The van der Waals surface area contributed by atoms with Crippen LogP contribution in [0.15, 0.2) is 53.3 Å². The van der Waals surface area contributed by atoms with E-state index in [1.54, 1.807) is 0 Å². The lowest BCUT2D eigenvalue weighted by atomic mass is 9.92. The maximum atomic E-state index is 10.8. The summed E-state index contributed by atoms with van der Waals surface area (Å²) in [6.45, 7) is 0. The van der Waals surface area contributed by atoms with Gasteiger partial charge in [0.15, 0.2) is 0 Å². The molecule has 2 aliphatic rings. The maximum Gasteiger partial charge on any atom is 0.149 e. The minimum Gasteiger partial charge on any atom is -0.344 e. The van der Waals surface area contributed by atoms with Crippen LogP contribution in [-0.2, 0) is 4.79 Å². The molecule has 0 N–H and O–H groups in total. The number of rotatable bonds is 1. The minimum atomic E-state index is 0.767. The second kappa shape index (κ2) is 3.74. The van der Waals surface area contributed by atoms with Crippen molar-refractivity contribution < 1.29 is 4.79 Å². The SMILES string of the molecule is CN1C2=CC(C=O)=CCC2=Cc2ccccc21. The zero-order valence-corrected chi connectivity index (χ0v) is 9.68. The first-order chi connectivity index (χ1) is 8.29. The molecule has 2 nitrogen and oxygen atoms in total. The van der Waals surface area contributed by atoms with E-state index in [-0.39, 0.29) is 0 Å². The molecule has 84 valence electrons. The molecule has 0 spiro atoms. The van der Waals surface area contributed by atoms with Crippen molar-refractivity contribution in [3.05, 3.63) is 58.8 Å². The predicted octanol–water partition coefficient (Wildman–Crippen LogP) is 2.93. The number of carbonyl (C=O) groups excluding carboxylic acids is 1. The highest BCUT2D eigenvalue weighted by Crippen LogP contribution is 2.37. The second-order valence-corrected chi connectivity index (χ2v) is 4.34. The Hall–Kier alpha value is -2.09. The summed E-state index contributed by atoms with van der Waals surface area (Å²) in [6.07, 6.45) is 7.89. The minimum absolute atomic E-state index is 0.767. The van der Waals surface area contributed by atoms with E-state index in [1.165, 1.54) is 16.8 Å². The average molecular weight is 223 g/mol. The molecule has 3 rings (SSSR count). The number of anilines is 1. The lowest BCUT2D eigenvalue weighted by molar-refractivity contribution is -0.104. The third kappa shape index (κ3) is 1.53. The zero-order chi connectivity index (χ0) is 11.8. The number of para-hydroxylation sites is 1. The molecular formula is C15H13NO. The Morgan fingerprint density at radius 2 is 2.06 bits per heavy atom. The summed E-state index contributed by atoms with van der Waals surface area (Å²) in [5.41, 5.74) is 5.60. The molecule has 0 saturated carbocycles. The zero-order valence-electron chi connectivity index (χ0n) is 9.68. The van der Waals surface area contributed by atoms with E-state index in [4.69, 9.17) is 0 Å². The highest BCUT2D eigenvalue weighted by Gasteiger charge is 2.21. The fraction of sp³-hybridized carbons (Fsp3) is 0.133. The molecule has 0 atom stereocenters. The van der Waals surface area contributed by atoms with Gasteiger partial charge in [-0.15, -0.1) is 0 Å². The first-order valence-electron chi connectivity index (χ1n) is 5.70. The fourth-order valence-electron chi connectivity index (χ4n) is 2.40. The smallest absolute Gasteiger partial charge is 0.149 e. The lowest BCUT2D eigenvalue weighted by Crippen LogP contribution is -2.23. The van der Waals surface area contributed by atoms with E-state index < -0.39 is 0 Å². The molecule has 1 aliphatic carbocycles. The van der Waals surface area contributed by atoms with Gasteiger partial charge >= 0.3 is 0 Å². The first kappa shape index (κ1) is 10.1. The molecule has 1 aliphatic heterocycles. The number of nitrogens with zero attached hydrogens (tertiary/aromatic N) is 1. The number of likely N-dealkylation sites (N-methyl/N-ethyl adjacent to an activating group) is 1. The van der Waals surface area contributed by atoms with Crippen LogP contribution in [0.25, 0.3) is 6.08 Å². The van der Waals surface area contributed by atoms with Crippen molar-refractivity contribution in [1.82, 2.24) is 0 Å². The topological polar surface area (TPSA) is 20.3 Å². The molecule has 0 aromatic heterocycles. The second-order valence-electron chi connectivity index (χ2n) is 4.34. The van der Waals surface area contributed by atoms with Gasteiger partial charge in [-0.1, -0.05) is 24.3 Å². The molecule has 0 unspecified atom stereocenters. The van der Waals surface area contributed by atoms with Gasteiger partial charge in [0.25, 0.3) is 0 Å². The Bertz CT molecular complexity index is 578. The van der Waals surface area contributed by atoms with Gasteiger partial charge in [-0.2, -0.15) is 0 Å². The van der Waals surface area contributed by atoms with Crippen LogP contribution in [0.4, 0.5) is 5.69 Å². The van der Waals surface area contributed by atoms with Gasteiger partial charge in [-0.05, 0) is 35.8 Å². The molecule has 0 fully saturated rings. The molecule has 0 amide bonds. The quantitative estimate of drug-likeness (QED) is 0.682. The molecule has 17 heavy (non-hydrogen) atoms. The summed E-state index contributed by atoms with van der Waals surface area (Å²) < 4.78 is 0. The number of carbonyl (C=O) groups is 1. The first-order valence-corrected chi connectivity index (χ1v) is 5.70. The lowest BCUT2D eigenvalue weighted by Gasteiger charge is -2.32. The van der Waals surface area contributed by atoms with Gasteiger partial charge in [-0.3, -0.25) is 4.79 Å². The Kier molecular flexibility index (Phi) is 2.22. The number of allylic oxidation sites excluding steroid dienone is 4. The van der Waals surface area contributed by atoms with Gasteiger partial charge in [0, 0.05) is 24.0 Å². The van der Waals surface area contributed by atoms with Crippen molar-refractivity contribution in [3.63, 3.8) is 0 Å². The van der Waals surface area contributed by atoms with Crippen LogP contribution in [-0.4, -0.2) is 13.3 Å². The molecular weight excluding hydrogens is 210 g/mol. The number of hydrogen-bond acceptors (Lipinski definition) is 2. The largest absolute Gasteiger partial charge is 0.344 e. The number of benzene rings is 1. The molecule has 0 radical (unpaired) electrons. The van der Waals surface area contributed by atoms with Gasteiger partial charge in [0.05, 0.1) is 0 Å².